The predicted molar refractivity (Wildman–Crippen MR) is 36.7 cm³/mol. The number of halogens is 3. The number of hydrogen-bond donors (Lipinski definition) is 0. The molecule has 1 rings (SSSR count). The second-order valence-corrected chi connectivity index (χ2v) is 2.18. The maximum atomic E-state index is 12.4. The molecule has 0 N–H and O–H groups in total. The molecular weight excluding hydrogens is 169 g/mol. The fourth-order valence-electron chi connectivity index (χ4n) is 0.768. The van der Waals surface area contributed by atoms with Crippen molar-refractivity contribution in [1.82, 2.24) is 0 Å². The molecule has 1 aromatic rings. The Morgan fingerprint density at radius 3 is 2.50 bits per heavy atom. The highest BCUT2D eigenvalue weighted by Crippen LogP contribution is 2.08. The fourth-order valence-corrected chi connectivity index (χ4v) is 0.768. The Hall–Kier alpha value is -1.32. The smallest absolute Gasteiger partial charge is 0.288 e. The maximum Gasteiger partial charge on any atom is 0.300 e. The molecule has 0 saturated carbocycles. The van der Waals surface area contributed by atoms with Gasteiger partial charge in [0.1, 0.15) is 5.82 Å². The highest BCUT2D eigenvalue weighted by atomic mass is 19.3. The third kappa shape index (κ3) is 1.84. The molecule has 1 nitrogen and oxygen atoms in total. The van der Waals surface area contributed by atoms with Gasteiger partial charge in [-0.3, -0.25) is 4.79 Å². The summed E-state index contributed by atoms with van der Waals surface area (Å²) < 4.78 is 35.9. The second kappa shape index (κ2) is 3.38. The van der Waals surface area contributed by atoms with E-state index in [0.717, 1.165) is 18.2 Å². The van der Waals surface area contributed by atoms with Gasteiger partial charge >= 0.3 is 6.43 Å². The van der Waals surface area contributed by atoms with Gasteiger partial charge in [-0.05, 0) is 12.1 Å². The molecule has 0 heterocycles. The van der Waals surface area contributed by atoms with E-state index in [-0.39, 0.29) is 5.56 Å². The molecule has 0 unspecified atom stereocenters. The van der Waals surface area contributed by atoms with Crippen molar-refractivity contribution >= 4 is 5.78 Å². The molecule has 1 aromatic carbocycles. The van der Waals surface area contributed by atoms with Crippen molar-refractivity contribution < 1.29 is 18.0 Å². The molecule has 0 fully saturated rings. The molecule has 0 radical (unpaired) electrons. The third-order valence-corrected chi connectivity index (χ3v) is 1.31. The minimum atomic E-state index is -3.08. The number of benzene rings is 1. The molecule has 0 aliphatic carbocycles. The van der Waals surface area contributed by atoms with Crippen molar-refractivity contribution in [1.29, 1.82) is 0 Å². The molecule has 12 heavy (non-hydrogen) atoms. The fraction of sp³-hybridized carbons (Fsp3) is 0.125. The van der Waals surface area contributed by atoms with Crippen molar-refractivity contribution in [3.63, 3.8) is 0 Å². The summed E-state index contributed by atoms with van der Waals surface area (Å²) in [5.41, 5.74) is -0.301. The number of carbonyl (C=O) groups excluding carboxylic acids is 1. The Morgan fingerprint density at radius 2 is 2.00 bits per heavy atom. The van der Waals surface area contributed by atoms with E-state index in [9.17, 15) is 18.0 Å². The first-order chi connectivity index (χ1) is 5.61. The normalized spacial score (nSPS) is 10.3. The van der Waals surface area contributed by atoms with Crippen LogP contribution in [0.4, 0.5) is 13.2 Å². The average molecular weight is 174 g/mol. The first kappa shape index (κ1) is 8.77. The Bertz CT molecular complexity index is 296. The van der Waals surface area contributed by atoms with Gasteiger partial charge in [0, 0.05) is 5.56 Å². The number of Topliss-reactive ketones (excluding diaryl/α,β-unsaturated/α-hetero) is 1. The van der Waals surface area contributed by atoms with E-state index in [1.54, 1.807) is 0 Å². The zero-order chi connectivity index (χ0) is 9.14. The van der Waals surface area contributed by atoms with Crippen molar-refractivity contribution in [3.8, 4) is 0 Å². The monoisotopic (exact) mass is 174 g/mol. The largest absolute Gasteiger partial charge is 0.300 e. The van der Waals surface area contributed by atoms with Crippen LogP contribution in [-0.2, 0) is 0 Å². The lowest BCUT2D eigenvalue weighted by molar-refractivity contribution is 0.0678. The standard InChI is InChI=1S/C8H5F3O/c9-6-3-1-2-5(4-6)7(12)8(10)11/h1-4,8H. The van der Waals surface area contributed by atoms with Gasteiger partial charge in [0.05, 0.1) is 0 Å². The van der Waals surface area contributed by atoms with Crippen LogP contribution in [0.3, 0.4) is 0 Å². The topological polar surface area (TPSA) is 17.1 Å². The molecule has 0 spiro atoms. The second-order valence-electron chi connectivity index (χ2n) is 2.18. The number of ketones is 1. The Kier molecular flexibility index (Phi) is 2.47. The minimum absolute atomic E-state index is 0.301. The van der Waals surface area contributed by atoms with Gasteiger partial charge in [0.25, 0.3) is 0 Å². The predicted octanol–water partition coefficient (Wildman–Crippen LogP) is 2.27. The summed E-state index contributed by atoms with van der Waals surface area (Å²) in [6.45, 7) is 0. The van der Waals surface area contributed by atoms with Gasteiger partial charge in [0.2, 0.25) is 5.78 Å². The molecular formula is C8H5F3O. The van der Waals surface area contributed by atoms with Crippen LogP contribution in [-0.4, -0.2) is 12.2 Å². The van der Waals surface area contributed by atoms with Crippen molar-refractivity contribution in [3.05, 3.63) is 35.6 Å². The molecule has 64 valence electrons. The third-order valence-electron chi connectivity index (χ3n) is 1.31. The first-order valence-corrected chi connectivity index (χ1v) is 3.19. The molecule has 0 atom stereocenters. The van der Waals surface area contributed by atoms with Crippen molar-refractivity contribution in [2.75, 3.05) is 0 Å². The number of alkyl halides is 2. The zero-order valence-electron chi connectivity index (χ0n) is 5.93. The molecule has 0 amide bonds. The number of hydrogen-bond acceptors (Lipinski definition) is 1. The molecule has 0 aromatic heterocycles. The van der Waals surface area contributed by atoms with Crippen LogP contribution in [0, 0.1) is 5.82 Å². The summed E-state index contributed by atoms with van der Waals surface area (Å²) in [4.78, 5) is 10.6. The molecule has 0 aliphatic heterocycles. The van der Waals surface area contributed by atoms with Crippen molar-refractivity contribution in [2.45, 2.75) is 6.43 Å². The lowest BCUT2D eigenvalue weighted by atomic mass is 10.1. The highest BCUT2D eigenvalue weighted by Gasteiger charge is 2.17. The van der Waals surface area contributed by atoms with Crippen LogP contribution in [0.25, 0.3) is 0 Å². The van der Waals surface area contributed by atoms with Gasteiger partial charge < -0.3 is 0 Å². The van der Waals surface area contributed by atoms with E-state index >= 15 is 0 Å². The molecule has 0 aliphatic rings. The van der Waals surface area contributed by atoms with Crippen LogP contribution in [0.2, 0.25) is 0 Å². The molecule has 4 heteroatoms. The highest BCUT2D eigenvalue weighted by molar-refractivity contribution is 5.98. The Balaban J connectivity index is 2.96. The van der Waals surface area contributed by atoms with Crippen LogP contribution < -0.4 is 0 Å². The van der Waals surface area contributed by atoms with Gasteiger partial charge in [-0.15, -0.1) is 0 Å². The van der Waals surface area contributed by atoms with E-state index in [1.165, 1.54) is 6.07 Å². The van der Waals surface area contributed by atoms with Gasteiger partial charge in [-0.2, -0.15) is 0 Å². The number of carbonyl (C=O) groups is 1. The maximum absolute atomic E-state index is 12.4. The zero-order valence-corrected chi connectivity index (χ0v) is 5.93. The van der Waals surface area contributed by atoms with Crippen LogP contribution >= 0.6 is 0 Å². The summed E-state index contributed by atoms with van der Waals surface area (Å²) in [5, 5.41) is 0. The minimum Gasteiger partial charge on any atom is -0.288 e. The van der Waals surface area contributed by atoms with Gasteiger partial charge in [-0.1, -0.05) is 12.1 Å². The summed E-state index contributed by atoms with van der Waals surface area (Å²) in [7, 11) is 0. The summed E-state index contributed by atoms with van der Waals surface area (Å²) in [6.07, 6.45) is -3.08. The van der Waals surface area contributed by atoms with Gasteiger partial charge in [-0.25, -0.2) is 13.2 Å². The van der Waals surface area contributed by atoms with E-state index in [0.29, 0.717) is 0 Å². The molecule has 0 saturated heterocycles. The van der Waals surface area contributed by atoms with Crippen molar-refractivity contribution in [2.24, 2.45) is 0 Å². The SMILES string of the molecule is O=C(c1cccc(F)c1)C(F)F. The molecule has 0 bridgehead atoms. The van der Waals surface area contributed by atoms with Crippen LogP contribution in [0.1, 0.15) is 10.4 Å². The van der Waals surface area contributed by atoms with Crippen LogP contribution in [0.15, 0.2) is 24.3 Å². The van der Waals surface area contributed by atoms with Gasteiger partial charge in [0.15, 0.2) is 0 Å². The summed E-state index contributed by atoms with van der Waals surface area (Å²) in [5.74, 6) is -2.05. The van der Waals surface area contributed by atoms with E-state index in [2.05, 4.69) is 0 Å². The summed E-state index contributed by atoms with van der Waals surface area (Å²) in [6, 6.07) is 4.24. The Labute approximate surface area is 66.8 Å². The number of rotatable bonds is 2. The lowest BCUT2D eigenvalue weighted by Crippen LogP contribution is -2.09. The van der Waals surface area contributed by atoms with E-state index < -0.39 is 18.0 Å². The first-order valence-electron chi connectivity index (χ1n) is 3.19. The Morgan fingerprint density at radius 1 is 1.33 bits per heavy atom. The average Bonchev–Trinajstić information content (AvgIpc) is 2.03. The van der Waals surface area contributed by atoms with E-state index in [1.807, 2.05) is 0 Å². The van der Waals surface area contributed by atoms with E-state index in [4.69, 9.17) is 0 Å². The summed E-state index contributed by atoms with van der Waals surface area (Å²) >= 11 is 0. The lowest BCUT2D eigenvalue weighted by Gasteiger charge is -1.97. The van der Waals surface area contributed by atoms with Crippen LogP contribution in [0.5, 0.6) is 0 Å². The quantitative estimate of drug-likeness (QED) is 0.628.